The van der Waals surface area contributed by atoms with Crippen LogP contribution in [0.5, 0.6) is 11.5 Å². The number of carbonyl (C=O) groups excluding carboxylic acids is 1. The number of fused-ring (bicyclic) bond motifs is 2. The Morgan fingerprint density at radius 1 is 0.667 bits per heavy atom. The Morgan fingerprint density at radius 3 is 1.56 bits per heavy atom. The Labute approximate surface area is 407 Å². The number of esters is 1. The van der Waals surface area contributed by atoms with Crippen molar-refractivity contribution in [1.29, 1.82) is 0 Å². The standard InChI is InChI=1S/C22H24N6O3.C20H22N6O2.C4H8O.Al.Li.4H/c1-4-31-20(29)14-27-19(24-21(26-27)16-8-6-5-7-9-16)13-12-18-23-22-17(30-3)11-10-15(2)28(22)25-18;1-14-8-9-16(28-2)20-21-17(23-26(14)20)10-11-18-22-19(24-25(18)12-13-27)15-6-4-3-5-7-15;1-2-4-5-3-1;;;;;;/h5-11H,4,12-14H2,1-3H3;3-9,27H,10-13H2,1-2H3;1-4H2;;;;;;/q;;;;+1;;;;-1. The van der Waals surface area contributed by atoms with E-state index in [0.717, 1.165) is 41.6 Å². The van der Waals surface area contributed by atoms with E-state index in [1.807, 2.05) is 98.8 Å². The second kappa shape index (κ2) is 25.1. The van der Waals surface area contributed by atoms with Crippen LogP contribution in [0.1, 0.15) is 55.9 Å². The SMILES string of the molecule is C1CCOC1.CCOC(=O)Cn1nc(-c2ccccc2)nc1CCc1nc2c(OC)ccc(C)n2n1.COc1ccc(C)n2nc(CCc3nc(-c4ccccc4)nn3CCO)nc12.[AlH3].[H-].[Li+]. The van der Waals surface area contributed by atoms with Crippen molar-refractivity contribution in [2.24, 2.45) is 0 Å². The van der Waals surface area contributed by atoms with Crippen LogP contribution in [0.3, 0.4) is 0 Å². The van der Waals surface area contributed by atoms with Gasteiger partial charge in [0.05, 0.1) is 34.0 Å². The zero-order valence-electron chi connectivity index (χ0n) is 38.9. The van der Waals surface area contributed by atoms with Gasteiger partial charge in [-0.1, -0.05) is 60.7 Å². The summed E-state index contributed by atoms with van der Waals surface area (Å²) in [5.74, 6) is 5.10. The quantitative estimate of drug-likeness (QED) is 0.115. The molecule has 1 fully saturated rings. The molecule has 0 radical (unpaired) electrons. The van der Waals surface area contributed by atoms with Gasteiger partial charge >= 0.3 is 24.8 Å². The molecule has 6 aromatic heterocycles. The largest absolute Gasteiger partial charge is 1.00 e. The Balaban J connectivity index is 0.000000255. The van der Waals surface area contributed by atoms with Crippen molar-refractivity contribution in [2.45, 2.75) is 72.4 Å². The number of aliphatic hydroxyl groups is 1. The van der Waals surface area contributed by atoms with Gasteiger partial charge < -0.3 is 25.5 Å². The number of methoxy groups -OCH3 is 2. The number of aliphatic hydroxyl groups excluding tert-OH is 1. The molecule has 7 heterocycles. The number of pyridine rings is 2. The van der Waals surface area contributed by atoms with E-state index in [1.165, 1.54) is 12.8 Å². The second-order valence-electron chi connectivity index (χ2n) is 14.8. The third-order valence-electron chi connectivity index (χ3n) is 10.2. The molecule has 66 heavy (non-hydrogen) atoms. The van der Waals surface area contributed by atoms with Crippen LogP contribution in [0.2, 0.25) is 0 Å². The molecule has 0 amide bonds. The molecule has 18 nitrogen and oxygen atoms in total. The van der Waals surface area contributed by atoms with E-state index in [1.54, 1.807) is 39.5 Å². The van der Waals surface area contributed by atoms with Gasteiger partial charge in [-0.05, 0) is 57.9 Å². The van der Waals surface area contributed by atoms with Crippen LogP contribution in [-0.2, 0) is 53.0 Å². The minimum absolute atomic E-state index is 0. The number of hydrogen-bond acceptors (Lipinski definition) is 14. The zero-order valence-corrected chi connectivity index (χ0v) is 37.9. The van der Waals surface area contributed by atoms with Crippen LogP contribution in [0, 0.1) is 13.8 Å². The predicted molar refractivity (Wildman–Crippen MR) is 249 cm³/mol. The maximum absolute atomic E-state index is 12.1. The molecule has 0 saturated carbocycles. The molecule has 1 N–H and O–H groups in total. The summed E-state index contributed by atoms with van der Waals surface area (Å²) in [5, 5.41) is 27.6. The van der Waals surface area contributed by atoms with Crippen molar-refractivity contribution in [3.8, 4) is 34.3 Å². The summed E-state index contributed by atoms with van der Waals surface area (Å²) in [6.07, 6.45) is 4.86. The van der Waals surface area contributed by atoms with Crippen molar-refractivity contribution >= 4 is 34.6 Å². The molecular weight excluding hydrogens is 851 g/mol. The third kappa shape index (κ3) is 12.9. The van der Waals surface area contributed by atoms with Gasteiger partial charge in [-0.2, -0.15) is 20.4 Å². The van der Waals surface area contributed by atoms with Gasteiger partial charge in [0.15, 0.2) is 63.5 Å². The summed E-state index contributed by atoms with van der Waals surface area (Å²) >= 11 is 0. The third-order valence-corrected chi connectivity index (χ3v) is 10.2. The Morgan fingerprint density at radius 2 is 1.14 bits per heavy atom. The summed E-state index contributed by atoms with van der Waals surface area (Å²) in [6.45, 7) is 8.46. The molecule has 9 rings (SSSR count). The van der Waals surface area contributed by atoms with Gasteiger partial charge in [0, 0.05) is 61.4 Å². The molecular formula is C46H58AlLiN12O6. The van der Waals surface area contributed by atoms with E-state index < -0.39 is 0 Å². The monoisotopic (exact) mass is 908 g/mol. The van der Waals surface area contributed by atoms with Gasteiger partial charge in [-0.3, -0.25) is 4.79 Å². The number of hydrogen-bond donors (Lipinski definition) is 1. The molecule has 1 saturated heterocycles. The first kappa shape index (κ1) is 51.1. The fourth-order valence-electron chi connectivity index (χ4n) is 6.96. The van der Waals surface area contributed by atoms with Crippen LogP contribution < -0.4 is 28.3 Å². The van der Waals surface area contributed by atoms with Crippen LogP contribution in [0.25, 0.3) is 34.1 Å². The smallest absolute Gasteiger partial charge is 1.00 e. The number of benzene rings is 2. The fourth-order valence-corrected chi connectivity index (χ4v) is 6.96. The van der Waals surface area contributed by atoms with Crippen molar-refractivity contribution in [3.05, 3.63) is 120 Å². The van der Waals surface area contributed by atoms with E-state index >= 15 is 0 Å². The molecule has 20 heteroatoms. The van der Waals surface area contributed by atoms with E-state index in [2.05, 4.69) is 40.3 Å². The second-order valence-corrected chi connectivity index (χ2v) is 14.8. The fraction of sp³-hybridized carbons (Fsp3) is 0.370. The number of rotatable bonds is 15. The van der Waals surface area contributed by atoms with Gasteiger partial charge in [0.1, 0.15) is 18.2 Å². The van der Waals surface area contributed by atoms with E-state index in [9.17, 15) is 9.90 Å². The van der Waals surface area contributed by atoms with Gasteiger partial charge in [-0.15, -0.1) is 0 Å². The molecule has 0 spiro atoms. The number of aryl methyl sites for hydroxylation is 6. The van der Waals surface area contributed by atoms with Gasteiger partial charge in [-0.25, -0.2) is 38.3 Å². The van der Waals surface area contributed by atoms with E-state index in [0.29, 0.717) is 90.8 Å². The van der Waals surface area contributed by atoms with Gasteiger partial charge in [0.2, 0.25) is 0 Å². The Hall–Kier alpha value is -5.92. The number of carbonyl (C=O) groups is 1. The van der Waals surface area contributed by atoms with Crippen molar-refractivity contribution in [1.82, 2.24) is 58.7 Å². The minimum atomic E-state index is -0.348. The van der Waals surface area contributed by atoms with Crippen molar-refractivity contribution in [2.75, 3.05) is 40.6 Å². The molecule has 8 aromatic rings. The number of nitrogens with zero attached hydrogens (tertiary/aromatic N) is 12. The first-order chi connectivity index (χ1) is 31.3. The van der Waals surface area contributed by atoms with Crippen LogP contribution in [0.15, 0.2) is 84.9 Å². The molecule has 0 unspecified atom stereocenters. The average molecular weight is 909 g/mol. The maximum Gasteiger partial charge on any atom is 1.00 e. The van der Waals surface area contributed by atoms with Crippen LogP contribution in [0.4, 0.5) is 0 Å². The molecule has 0 aliphatic carbocycles. The van der Waals surface area contributed by atoms with E-state index in [4.69, 9.17) is 18.9 Å². The maximum atomic E-state index is 12.1. The zero-order chi connectivity index (χ0) is 44.8. The normalized spacial score (nSPS) is 11.8. The molecule has 1 aliphatic rings. The van der Waals surface area contributed by atoms with Crippen molar-refractivity contribution in [3.63, 3.8) is 0 Å². The van der Waals surface area contributed by atoms with Gasteiger partial charge in [0.25, 0.3) is 0 Å². The summed E-state index contributed by atoms with van der Waals surface area (Å²) in [5.41, 5.74) is 5.18. The van der Waals surface area contributed by atoms with Crippen LogP contribution in [-0.4, -0.2) is 128 Å². The van der Waals surface area contributed by atoms with Crippen LogP contribution >= 0.6 is 0 Å². The summed E-state index contributed by atoms with van der Waals surface area (Å²) in [6, 6.07) is 27.1. The number of aromatic nitrogens is 12. The summed E-state index contributed by atoms with van der Waals surface area (Å²) in [4.78, 5) is 30.6. The Bertz CT molecular complexity index is 2760. The molecule has 0 bridgehead atoms. The Kier molecular flexibility index (Phi) is 19.4. The topological polar surface area (TPSA) is 196 Å². The average Bonchev–Trinajstić information content (AvgIpc) is 4.18. The molecule has 2 aromatic carbocycles. The van der Waals surface area contributed by atoms with Crippen molar-refractivity contribution < 1.29 is 49.1 Å². The molecule has 1 aliphatic heterocycles. The summed E-state index contributed by atoms with van der Waals surface area (Å²) < 4.78 is 27.7. The minimum Gasteiger partial charge on any atom is -1.00 e. The molecule has 342 valence electrons. The first-order valence-corrected chi connectivity index (χ1v) is 21.4. The first-order valence-electron chi connectivity index (χ1n) is 21.4. The molecule has 0 atom stereocenters. The predicted octanol–water partition coefficient (Wildman–Crippen LogP) is 1.46. The van der Waals surface area contributed by atoms with E-state index in [-0.39, 0.29) is 56.8 Å². The summed E-state index contributed by atoms with van der Waals surface area (Å²) in [7, 11) is 3.24. The number of ether oxygens (including phenoxy) is 4.